The number of hydrogen-bond acceptors (Lipinski definition) is 8. The Morgan fingerprint density at radius 3 is 1.36 bits per heavy atom. The van der Waals surface area contributed by atoms with Crippen molar-refractivity contribution in [2.45, 2.75) is 12.0 Å². The minimum atomic E-state index is -0.788. The smallest absolute Gasteiger partial charge is 0.164 e. The third-order valence-electron chi connectivity index (χ3n) is 12.8. The van der Waals surface area contributed by atoms with Crippen molar-refractivity contribution in [1.82, 2.24) is 15.0 Å². The highest BCUT2D eigenvalue weighted by Gasteiger charge is 2.52. The van der Waals surface area contributed by atoms with Crippen molar-refractivity contribution in [3.63, 3.8) is 0 Å². The Bertz CT molecular complexity index is 3660. The number of hydrogen-bond donors (Lipinski definition) is 1. The van der Waals surface area contributed by atoms with Gasteiger partial charge in [0.25, 0.3) is 0 Å². The van der Waals surface area contributed by atoms with E-state index in [4.69, 9.17) is 30.7 Å². The second-order valence-corrected chi connectivity index (χ2v) is 16.7. The highest BCUT2D eigenvalue weighted by atomic mass is 15.0. The number of nitrogens with two attached hydrogens (primary N) is 1. The molecule has 0 bridgehead atoms. The topological polar surface area (TPSA) is 185 Å². The maximum Gasteiger partial charge on any atom is 0.164 e. The minimum absolute atomic E-state index is 0.246. The summed E-state index contributed by atoms with van der Waals surface area (Å²) in [6.45, 7) is 0.281. The van der Waals surface area contributed by atoms with Gasteiger partial charge in [0, 0.05) is 27.8 Å². The van der Waals surface area contributed by atoms with Gasteiger partial charge < -0.3 is 5.73 Å². The van der Waals surface area contributed by atoms with Gasteiger partial charge in [-0.1, -0.05) is 84.9 Å². The fraction of sp³-hybridized carbons (Fsp3) is 0.0339. The molecule has 2 aliphatic rings. The number of aromatic nitrogens is 3. The van der Waals surface area contributed by atoms with Crippen LogP contribution in [0.15, 0.2) is 192 Å². The van der Waals surface area contributed by atoms with Crippen LogP contribution < -0.4 is 5.73 Å². The molecule has 9 aromatic rings. The van der Waals surface area contributed by atoms with Crippen molar-refractivity contribution in [2.75, 3.05) is 0 Å². The van der Waals surface area contributed by atoms with E-state index < -0.39 is 5.41 Å². The molecular formula is C59H34N10. The van der Waals surface area contributed by atoms with E-state index >= 15 is 0 Å². The van der Waals surface area contributed by atoms with Crippen molar-refractivity contribution in [3.05, 3.63) is 243 Å². The number of nitriles is 4. The third kappa shape index (κ3) is 7.16. The monoisotopic (exact) mass is 882 g/mol. The molecule has 1 spiro atoms. The molecule has 0 atom stereocenters. The van der Waals surface area contributed by atoms with Crippen LogP contribution in [0, 0.1) is 45.3 Å². The van der Waals surface area contributed by atoms with Gasteiger partial charge in [0.1, 0.15) is 5.84 Å². The molecule has 0 unspecified atom stereocenters. The molecular weight excluding hydrogens is 849 g/mol. The fourth-order valence-corrected chi connectivity index (χ4v) is 9.50. The molecule has 0 aliphatic heterocycles. The molecule has 10 nitrogen and oxygen atoms in total. The predicted octanol–water partition coefficient (Wildman–Crippen LogP) is 11.1. The Morgan fingerprint density at radius 1 is 0.435 bits per heavy atom. The van der Waals surface area contributed by atoms with E-state index in [0.29, 0.717) is 51.1 Å². The molecule has 1 heterocycles. The van der Waals surface area contributed by atoms with E-state index in [9.17, 15) is 21.0 Å². The van der Waals surface area contributed by atoms with E-state index in [1.807, 2.05) is 42.5 Å². The van der Waals surface area contributed by atoms with Crippen molar-refractivity contribution >= 4 is 11.7 Å². The predicted molar refractivity (Wildman–Crippen MR) is 265 cm³/mol. The lowest BCUT2D eigenvalue weighted by Gasteiger charge is -2.31. The summed E-state index contributed by atoms with van der Waals surface area (Å²) >= 11 is 0. The molecule has 11 rings (SSSR count). The summed E-state index contributed by atoms with van der Waals surface area (Å²) in [6.07, 6.45) is 0. The quantitative estimate of drug-likeness (QED) is 0.121. The van der Waals surface area contributed by atoms with Gasteiger partial charge in [-0.15, -0.1) is 0 Å². The number of benzene rings is 8. The summed E-state index contributed by atoms with van der Waals surface area (Å²) in [7, 11) is 0. The van der Waals surface area contributed by atoms with Crippen LogP contribution in [0.3, 0.4) is 0 Å². The molecule has 69 heavy (non-hydrogen) atoms. The number of amidine groups is 2. The van der Waals surface area contributed by atoms with Gasteiger partial charge in [-0.05, 0) is 147 Å². The Hall–Kier alpha value is -10.1. The molecule has 0 radical (unpaired) electrons. The molecule has 0 fully saturated rings. The SMILES string of the molecule is N#Cc1ccc(CN=C(N=C(N)c2ccc(C#N)cc2)c2ccc3c(c2)C2(c4ccccc4-c4ccccc42)c2cc(-c4nc(-c5ccc(C#N)cc5)nc(-c5ccc(C#N)cc5)n4)ccc2-3)cc1. The number of rotatable bonds is 7. The molecule has 2 N–H and O–H groups in total. The first-order valence-corrected chi connectivity index (χ1v) is 22.0. The Labute approximate surface area is 397 Å². The summed E-state index contributed by atoms with van der Waals surface area (Å²) in [5.41, 5.74) is 21.4. The standard InChI is InChI=1S/C59H34N10/c60-31-36-9-11-40(12-10-36)35-65-55(66-54(64)41-19-13-37(32-61)14-20-41)44-25-27-48-49-28-26-45(30-53(49)59(52(48)29-44)50-7-3-1-5-46(50)47-6-2-4-8-51(47)59)58-68-56(42-21-15-38(33-62)16-22-42)67-57(69-58)43-23-17-39(34-63)18-24-43/h1-30H,35H2,(H2,64,65,66). The average molecular weight is 883 g/mol. The van der Waals surface area contributed by atoms with Crippen LogP contribution in [0.4, 0.5) is 0 Å². The molecule has 2 aliphatic carbocycles. The van der Waals surface area contributed by atoms with Crippen LogP contribution in [-0.4, -0.2) is 26.6 Å². The molecule has 320 valence electrons. The largest absolute Gasteiger partial charge is 0.383 e. The lowest BCUT2D eigenvalue weighted by Crippen LogP contribution is -2.26. The van der Waals surface area contributed by atoms with Crippen LogP contribution in [0.25, 0.3) is 56.4 Å². The second kappa shape index (κ2) is 17.0. The first kappa shape index (κ1) is 41.6. The fourth-order valence-electron chi connectivity index (χ4n) is 9.50. The molecule has 0 saturated carbocycles. The van der Waals surface area contributed by atoms with Crippen LogP contribution >= 0.6 is 0 Å². The van der Waals surface area contributed by atoms with Crippen molar-refractivity contribution < 1.29 is 0 Å². The zero-order chi connectivity index (χ0) is 47.1. The zero-order valence-corrected chi connectivity index (χ0v) is 36.6. The lowest BCUT2D eigenvalue weighted by molar-refractivity contribution is 0.793. The van der Waals surface area contributed by atoms with Crippen molar-refractivity contribution in [3.8, 4) is 80.7 Å². The van der Waals surface area contributed by atoms with Crippen molar-refractivity contribution in [1.29, 1.82) is 21.0 Å². The van der Waals surface area contributed by atoms with E-state index in [-0.39, 0.29) is 12.4 Å². The van der Waals surface area contributed by atoms with Gasteiger partial charge in [0.05, 0.1) is 58.5 Å². The second-order valence-electron chi connectivity index (χ2n) is 16.7. The van der Waals surface area contributed by atoms with Gasteiger partial charge in [-0.25, -0.2) is 19.9 Å². The molecule has 0 saturated heterocycles. The van der Waals surface area contributed by atoms with Crippen LogP contribution in [-0.2, 0) is 12.0 Å². The Kier molecular flexibility index (Phi) is 10.3. The van der Waals surface area contributed by atoms with Crippen LogP contribution in [0.2, 0.25) is 0 Å². The summed E-state index contributed by atoms with van der Waals surface area (Å²) in [4.78, 5) is 25.2. The Morgan fingerprint density at radius 2 is 0.841 bits per heavy atom. The minimum Gasteiger partial charge on any atom is -0.383 e. The van der Waals surface area contributed by atoms with E-state index in [2.05, 4.69) is 103 Å². The number of nitrogens with zero attached hydrogens (tertiary/aromatic N) is 9. The number of aliphatic imine (C=N–C) groups is 2. The van der Waals surface area contributed by atoms with Gasteiger partial charge >= 0.3 is 0 Å². The van der Waals surface area contributed by atoms with Gasteiger partial charge in [-0.2, -0.15) is 21.0 Å². The average Bonchev–Trinajstić information content (AvgIpc) is 3.88. The van der Waals surface area contributed by atoms with Gasteiger partial charge in [0.15, 0.2) is 23.3 Å². The van der Waals surface area contributed by atoms with Gasteiger partial charge in [-0.3, -0.25) is 4.99 Å². The third-order valence-corrected chi connectivity index (χ3v) is 12.8. The van der Waals surface area contributed by atoms with Crippen LogP contribution in [0.5, 0.6) is 0 Å². The molecule has 0 amide bonds. The highest BCUT2D eigenvalue weighted by molar-refractivity contribution is 6.11. The van der Waals surface area contributed by atoms with Crippen LogP contribution in [0.1, 0.15) is 61.2 Å². The summed E-state index contributed by atoms with van der Waals surface area (Å²) in [6, 6.07) is 67.2. The normalized spacial score (nSPS) is 12.7. The highest BCUT2D eigenvalue weighted by Crippen LogP contribution is 2.63. The first-order chi connectivity index (χ1) is 33.9. The Balaban J connectivity index is 1.11. The van der Waals surface area contributed by atoms with E-state index in [1.165, 1.54) is 0 Å². The summed E-state index contributed by atoms with van der Waals surface area (Å²) in [5.74, 6) is 2.01. The number of fused-ring (bicyclic) bond motifs is 10. The van der Waals surface area contributed by atoms with Gasteiger partial charge in [0.2, 0.25) is 0 Å². The first-order valence-electron chi connectivity index (χ1n) is 22.0. The molecule has 10 heteroatoms. The maximum absolute atomic E-state index is 9.55. The molecule has 1 aromatic heterocycles. The zero-order valence-electron chi connectivity index (χ0n) is 36.6. The van der Waals surface area contributed by atoms with E-state index in [0.717, 1.165) is 72.3 Å². The van der Waals surface area contributed by atoms with E-state index in [1.54, 1.807) is 60.7 Å². The summed E-state index contributed by atoms with van der Waals surface area (Å²) < 4.78 is 0. The maximum atomic E-state index is 9.55. The molecule has 8 aromatic carbocycles. The lowest BCUT2D eigenvalue weighted by atomic mass is 9.70. The van der Waals surface area contributed by atoms with Crippen molar-refractivity contribution in [2.24, 2.45) is 15.7 Å². The summed E-state index contributed by atoms with van der Waals surface area (Å²) in [5, 5.41) is 38.0.